The molecule has 0 aliphatic carbocycles. The highest BCUT2D eigenvalue weighted by Gasteiger charge is 2.41. The van der Waals surface area contributed by atoms with Crippen LogP contribution < -0.4 is 9.47 Å². The van der Waals surface area contributed by atoms with Crippen LogP contribution in [0, 0.1) is 0 Å². The third-order valence-corrected chi connectivity index (χ3v) is 4.83. The van der Waals surface area contributed by atoms with Crippen molar-refractivity contribution in [1.82, 2.24) is 0 Å². The monoisotopic (exact) mass is 320 g/mol. The molecule has 0 bridgehead atoms. The Morgan fingerprint density at radius 3 is 2.83 bits per heavy atom. The minimum atomic E-state index is -0.0990. The minimum Gasteiger partial charge on any atom is -0.508 e. The smallest absolute Gasteiger partial charge is 0.138 e. The number of ether oxygens (including phenoxy) is 2. The highest BCUT2D eigenvalue weighted by atomic mass is 16.5. The molecule has 3 aromatic rings. The van der Waals surface area contributed by atoms with Gasteiger partial charge in [-0.2, -0.15) is 0 Å². The van der Waals surface area contributed by atoms with Crippen LogP contribution in [0.5, 0.6) is 17.2 Å². The Bertz CT molecular complexity index is 998. The zero-order valence-electron chi connectivity index (χ0n) is 13.2. The van der Waals surface area contributed by atoms with Crippen LogP contribution in [-0.4, -0.2) is 11.7 Å². The van der Waals surface area contributed by atoms with E-state index in [-0.39, 0.29) is 17.8 Å². The summed E-state index contributed by atoms with van der Waals surface area (Å²) in [7, 11) is 0. The second-order valence-electron chi connectivity index (χ2n) is 6.46. The Morgan fingerprint density at radius 1 is 1.17 bits per heavy atom. The molecule has 2 unspecified atom stereocenters. The number of phenols is 1. The molecule has 0 saturated carbocycles. The van der Waals surface area contributed by atoms with Gasteiger partial charge < -0.3 is 19.0 Å². The molecule has 2 atom stereocenters. The topological polar surface area (TPSA) is 51.8 Å². The van der Waals surface area contributed by atoms with Crippen LogP contribution in [-0.2, 0) is 0 Å². The van der Waals surface area contributed by atoms with Crippen molar-refractivity contribution in [3.8, 4) is 17.2 Å². The van der Waals surface area contributed by atoms with Gasteiger partial charge in [0.1, 0.15) is 34.7 Å². The number of hydrogen-bond acceptors (Lipinski definition) is 4. The van der Waals surface area contributed by atoms with Crippen LogP contribution in [0.2, 0.25) is 0 Å². The molecule has 5 rings (SSSR count). The fourth-order valence-corrected chi connectivity index (χ4v) is 3.63. The van der Waals surface area contributed by atoms with E-state index >= 15 is 0 Å². The summed E-state index contributed by atoms with van der Waals surface area (Å²) >= 11 is 0. The predicted molar refractivity (Wildman–Crippen MR) is 90.6 cm³/mol. The van der Waals surface area contributed by atoms with Gasteiger partial charge in [-0.15, -0.1) is 0 Å². The Morgan fingerprint density at radius 2 is 2.00 bits per heavy atom. The van der Waals surface area contributed by atoms with Gasteiger partial charge in [0.15, 0.2) is 0 Å². The van der Waals surface area contributed by atoms with Gasteiger partial charge in [-0.3, -0.25) is 0 Å². The molecule has 0 amide bonds. The summed E-state index contributed by atoms with van der Waals surface area (Å²) in [6.45, 7) is 6.40. The quantitative estimate of drug-likeness (QED) is 0.701. The molecule has 2 aromatic carbocycles. The van der Waals surface area contributed by atoms with E-state index in [1.165, 1.54) is 0 Å². The highest BCUT2D eigenvalue weighted by molar-refractivity contribution is 5.89. The standard InChI is InChI=1S/C20H16O4/c1-10(2)17-8-14-16(23-17)6-5-12-15-9-22-18-7-11(21)3-4-13(18)20(15)24-19(12)14/h3-8,15,20-21H,1,9H2,2H3. The average molecular weight is 320 g/mol. The molecule has 0 radical (unpaired) electrons. The number of benzene rings is 2. The second-order valence-corrected chi connectivity index (χ2v) is 6.46. The summed E-state index contributed by atoms with van der Waals surface area (Å²) in [5.74, 6) is 2.67. The molecular weight excluding hydrogens is 304 g/mol. The van der Waals surface area contributed by atoms with Crippen molar-refractivity contribution in [2.75, 3.05) is 6.61 Å². The van der Waals surface area contributed by atoms with Gasteiger partial charge in [-0.25, -0.2) is 0 Å². The van der Waals surface area contributed by atoms with Crippen LogP contribution >= 0.6 is 0 Å². The molecule has 2 aliphatic rings. The number of allylic oxidation sites excluding steroid dienone is 1. The summed E-state index contributed by atoms with van der Waals surface area (Å²) in [6, 6.07) is 11.2. The molecule has 0 saturated heterocycles. The van der Waals surface area contributed by atoms with Gasteiger partial charge in [-0.1, -0.05) is 12.6 Å². The third kappa shape index (κ3) is 1.74. The number of aromatic hydroxyl groups is 1. The Hall–Kier alpha value is -2.88. The third-order valence-electron chi connectivity index (χ3n) is 4.83. The fraction of sp³-hybridized carbons (Fsp3) is 0.200. The van der Waals surface area contributed by atoms with Crippen LogP contribution in [0.3, 0.4) is 0 Å². The first-order chi connectivity index (χ1) is 11.6. The van der Waals surface area contributed by atoms with Crippen molar-refractivity contribution in [3.63, 3.8) is 0 Å². The summed E-state index contributed by atoms with van der Waals surface area (Å²) in [5, 5.41) is 10.6. The maximum Gasteiger partial charge on any atom is 0.138 e. The van der Waals surface area contributed by atoms with E-state index in [4.69, 9.17) is 13.9 Å². The fourth-order valence-electron chi connectivity index (χ4n) is 3.63. The Balaban J connectivity index is 1.66. The summed E-state index contributed by atoms with van der Waals surface area (Å²) < 4.78 is 18.0. The van der Waals surface area contributed by atoms with Gasteiger partial charge >= 0.3 is 0 Å². The maximum absolute atomic E-state index is 9.66. The first-order valence-electron chi connectivity index (χ1n) is 7.96. The van der Waals surface area contributed by atoms with Crippen LogP contribution in [0.4, 0.5) is 0 Å². The van der Waals surface area contributed by atoms with Crippen LogP contribution in [0.15, 0.2) is 47.4 Å². The Labute approximate surface area is 138 Å². The first-order valence-corrected chi connectivity index (χ1v) is 7.96. The maximum atomic E-state index is 9.66. The number of rotatable bonds is 1. The van der Waals surface area contributed by atoms with Crippen molar-refractivity contribution >= 4 is 16.5 Å². The number of hydrogen-bond donors (Lipinski definition) is 1. The van der Waals surface area contributed by atoms with E-state index in [1.807, 2.05) is 25.1 Å². The van der Waals surface area contributed by atoms with E-state index in [2.05, 4.69) is 12.6 Å². The average Bonchev–Trinajstić information content (AvgIpc) is 3.15. The number of furan rings is 1. The van der Waals surface area contributed by atoms with Gasteiger partial charge in [0.05, 0.1) is 17.9 Å². The van der Waals surface area contributed by atoms with Gasteiger partial charge in [-0.05, 0) is 36.8 Å². The number of phenolic OH excluding ortho intramolecular Hbond substituents is 1. The number of fused-ring (bicyclic) bond motifs is 7. The van der Waals surface area contributed by atoms with E-state index < -0.39 is 0 Å². The molecule has 24 heavy (non-hydrogen) atoms. The van der Waals surface area contributed by atoms with Gasteiger partial charge in [0.25, 0.3) is 0 Å². The molecule has 0 spiro atoms. The summed E-state index contributed by atoms with van der Waals surface area (Å²) in [6.07, 6.45) is -0.0990. The van der Waals surface area contributed by atoms with Crippen LogP contribution in [0.25, 0.3) is 16.5 Å². The second kappa shape index (κ2) is 4.57. The molecule has 2 aliphatic heterocycles. The summed E-state index contributed by atoms with van der Waals surface area (Å²) in [5.41, 5.74) is 3.80. The van der Waals surface area contributed by atoms with Gasteiger partial charge in [0, 0.05) is 17.2 Å². The van der Waals surface area contributed by atoms with Crippen molar-refractivity contribution in [3.05, 3.63) is 59.9 Å². The molecule has 3 heterocycles. The molecule has 4 heteroatoms. The minimum absolute atomic E-state index is 0.0990. The molecule has 0 fully saturated rings. The lowest BCUT2D eigenvalue weighted by atomic mass is 9.89. The Kier molecular flexibility index (Phi) is 2.58. The van der Waals surface area contributed by atoms with Crippen LogP contribution in [0.1, 0.15) is 35.8 Å². The predicted octanol–water partition coefficient (Wildman–Crippen LogP) is 4.78. The van der Waals surface area contributed by atoms with Crippen molar-refractivity contribution in [2.24, 2.45) is 0 Å². The lowest BCUT2D eigenvalue weighted by Gasteiger charge is -2.27. The van der Waals surface area contributed by atoms with Crippen molar-refractivity contribution in [1.29, 1.82) is 0 Å². The lowest BCUT2D eigenvalue weighted by Crippen LogP contribution is -2.22. The zero-order chi connectivity index (χ0) is 16.4. The van der Waals surface area contributed by atoms with E-state index in [9.17, 15) is 5.11 Å². The van der Waals surface area contributed by atoms with E-state index in [0.29, 0.717) is 12.4 Å². The van der Waals surface area contributed by atoms with Crippen molar-refractivity contribution < 1.29 is 19.0 Å². The normalized spacial score (nSPS) is 20.7. The SMILES string of the molecule is C=C(C)c1cc2c3c(ccc2o1)C1COc2cc(O)ccc2C1O3. The van der Waals surface area contributed by atoms with E-state index in [1.54, 1.807) is 12.1 Å². The molecule has 1 aromatic heterocycles. The zero-order valence-corrected chi connectivity index (χ0v) is 13.2. The van der Waals surface area contributed by atoms with E-state index in [0.717, 1.165) is 39.2 Å². The molecule has 1 N–H and O–H groups in total. The molecular formula is C20H16O4. The largest absolute Gasteiger partial charge is 0.508 e. The highest BCUT2D eigenvalue weighted by Crippen LogP contribution is 2.53. The first kappa shape index (κ1) is 13.5. The summed E-state index contributed by atoms with van der Waals surface area (Å²) in [4.78, 5) is 0. The lowest BCUT2D eigenvalue weighted by molar-refractivity contribution is 0.140. The molecule has 4 nitrogen and oxygen atoms in total. The van der Waals surface area contributed by atoms with Gasteiger partial charge in [0.2, 0.25) is 0 Å². The molecule has 120 valence electrons. The van der Waals surface area contributed by atoms with Crippen molar-refractivity contribution in [2.45, 2.75) is 18.9 Å².